The number of esters is 2. The molecule has 1 amide bonds. The molecule has 224 valence electrons. The Morgan fingerprint density at radius 2 is 1.62 bits per heavy atom. The Bertz CT molecular complexity index is 897. The number of carbonyl (C=O) groups excluding carboxylic acids is 3. The van der Waals surface area contributed by atoms with Gasteiger partial charge in [0, 0.05) is 25.2 Å². The topological polar surface area (TPSA) is 146 Å². The number of carboxylic acids is 1. The average molecular weight is 555 g/mol. The van der Waals surface area contributed by atoms with Crippen molar-refractivity contribution < 1.29 is 33.8 Å². The number of hydrogen-bond acceptors (Lipinski definition) is 9. The van der Waals surface area contributed by atoms with E-state index in [1.807, 2.05) is 41.5 Å². The lowest BCUT2D eigenvalue weighted by molar-refractivity contribution is -0.156. The summed E-state index contributed by atoms with van der Waals surface area (Å²) in [4.78, 5) is 49.1. The second-order valence-electron chi connectivity index (χ2n) is 13.4. The fraction of sp³-hybridized carbons (Fsp3) is 0.857. The zero-order valence-corrected chi connectivity index (χ0v) is 25.3. The number of carboxylic acid groups (broad SMARTS) is 1. The van der Waals surface area contributed by atoms with E-state index in [2.05, 4.69) is 29.8 Å². The Balaban J connectivity index is 0.000000274. The Hall–Kier alpha value is -2.24. The fourth-order valence-electron chi connectivity index (χ4n) is 5.84. The Morgan fingerprint density at radius 3 is 2.10 bits per heavy atom. The summed E-state index contributed by atoms with van der Waals surface area (Å²) in [6.45, 7) is 17.2. The van der Waals surface area contributed by atoms with Gasteiger partial charge in [-0.05, 0) is 35.5 Å². The van der Waals surface area contributed by atoms with E-state index in [0.717, 1.165) is 6.54 Å². The summed E-state index contributed by atoms with van der Waals surface area (Å²) in [6, 6.07) is -1.38. The largest absolute Gasteiger partial charge is 0.480 e. The number of aliphatic carboxylic acids is 1. The minimum atomic E-state index is -0.854. The third kappa shape index (κ3) is 7.91. The molecule has 3 saturated heterocycles. The molecular formula is C28H50N4O7. The predicted octanol–water partition coefficient (Wildman–Crippen LogP) is 1.40. The molecule has 39 heavy (non-hydrogen) atoms. The highest BCUT2D eigenvalue weighted by Gasteiger charge is 2.51. The molecule has 8 atom stereocenters. The molecule has 0 saturated carbocycles. The number of piperazine rings is 1. The summed E-state index contributed by atoms with van der Waals surface area (Å²) in [6.07, 6.45) is 1.41. The van der Waals surface area contributed by atoms with Crippen LogP contribution in [0.4, 0.5) is 0 Å². The highest BCUT2D eigenvalue weighted by Crippen LogP contribution is 2.36. The van der Waals surface area contributed by atoms with Crippen molar-refractivity contribution in [2.75, 3.05) is 27.3 Å². The maximum absolute atomic E-state index is 12.7. The second kappa shape index (κ2) is 13.0. The smallest absolute Gasteiger partial charge is 0.328 e. The lowest BCUT2D eigenvalue weighted by atomic mass is 9.84. The molecular weight excluding hydrogens is 504 g/mol. The first-order valence-electron chi connectivity index (χ1n) is 13.9. The number of nitrogens with one attached hydrogen (secondary N) is 3. The number of hydrogen-bond donors (Lipinski definition) is 4. The van der Waals surface area contributed by atoms with Crippen molar-refractivity contribution in [2.45, 2.75) is 104 Å². The molecule has 0 unspecified atom stereocenters. The summed E-state index contributed by atoms with van der Waals surface area (Å²) >= 11 is 0. The predicted molar refractivity (Wildman–Crippen MR) is 147 cm³/mol. The normalized spacial score (nSPS) is 31.6. The Labute approximate surface area is 233 Å². The van der Waals surface area contributed by atoms with E-state index in [1.54, 1.807) is 4.90 Å². The number of methoxy groups -OCH3 is 2. The number of amides is 1. The molecule has 3 aliphatic heterocycles. The van der Waals surface area contributed by atoms with E-state index < -0.39 is 18.1 Å². The van der Waals surface area contributed by atoms with Crippen LogP contribution >= 0.6 is 0 Å². The van der Waals surface area contributed by atoms with Crippen molar-refractivity contribution in [3.8, 4) is 0 Å². The molecule has 0 radical (unpaired) electrons. The molecule has 0 aromatic carbocycles. The minimum absolute atomic E-state index is 0.0310. The first-order chi connectivity index (χ1) is 17.9. The van der Waals surface area contributed by atoms with Crippen LogP contribution in [0, 0.1) is 22.7 Å². The summed E-state index contributed by atoms with van der Waals surface area (Å²) in [7, 11) is 2.76. The van der Waals surface area contributed by atoms with Gasteiger partial charge in [0.05, 0.1) is 20.3 Å². The maximum Gasteiger partial charge on any atom is 0.328 e. The first-order valence-corrected chi connectivity index (χ1v) is 13.9. The fourth-order valence-corrected chi connectivity index (χ4v) is 5.84. The van der Waals surface area contributed by atoms with Crippen LogP contribution in [0.3, 0.4) is 0 Å². The number of carbonyl (C=O) groups is 4. The van der Waals surface area contributed by atoms with E-state index in [1.165, 1.54) is 14.2 Å². The monoisotopic (exact) mass is 554 g/mol. The zero-order valence-electron chi connectivity index (χ0n) is 25.3. The maximum atomic E-state index is 12.7. The molecule has 3 aliphatic rings. The number of ether oxygens (including phenoxy) is 2. The molecule has 0 aliphatic carbocycles. The lowest BCUT2D eigenvalue weighted by Crippen LogP contribution is -2.65. The van der Waals surface area contributed by atoms with Crippen LogP contribution in [0.5, 0.6) is 0 Å². The van der Waals surface area contributed by atoms with Crippen LogP contribution in [0.1, 0.15) is 68.2 Å². The number of fused-ring (bicyclic) bond motifs is 1. The van der Waals surface area contributed by atoms with Crippen LogP contribution in [-0.4, -0.2) is 97.4 Å². The van der Waals surface area contributed by atoms with Crippen molar-refractivity contribution in [1.29, 1.82) is 0 Å². The van der Waals surface area contributed by atoms with Gasteiger partial charge in [-0.15, -0.1) is 0 Å². The van der Waals surface area contributed by atoms with Gasteiger partial charge in [-0.1, -0.05) is 55.4 Å². The third-order valence-corrected chi connectivity index (χ3v) is 8.17. The van der Waals surface area contributed by atoms with Crippen molar-refractivity contribution in [3.05, 3.63) is 0 Å². The third-order valence-electron chi connectivity index (χ3n) is 8.17. The van der Waals surface area contributed by atoms with Crippen molar-refractivity contribution in [3.63, 3.8) is 0 Å². The molecule has 3 rings (SSSR count). The van der Waals surface area contributed by atoms with Gasteiger partial charge in [0.2, 0.25) is 5.91 Å². The second-order valence-corrected chi connectivity index (χ2v) is 13.4. The van der Waals surface area contributed by atoms with E-state index in [9.17, 15) is 24.3 Å². The number of rotatable bonds is 6. The lowest BCUT2D eigenvalue weighted by Gasteiger charge is -2.43. The van der Waals surface area contributed by atoms with Gasteiger partial charge in [0.1, 0.15) is 18.1 Å². The van der Waals surface area contributed by atoms with Gasteiger partial charge in [-0.25, -0.2) is 4.79 Å². The van der Waals surface area contributed by atoms with E-state index in [0.29, 0.717) is 31.2 Å². The highest BCUT2D eigenvalue weighted by molar-refractivity contribution is 5.90. The SMILES string of the molecule is COC(=O)[C@@H]1C[C@@H](C)[C@@H](CN[C@@H](C(=O)O)C(C)(C)C)N1.COC(=O)[C@@H]1C[C@@H](C)[C@H]2CN[C@H](C(C)(C)C)C(=O)N21. The van der Waals surface area contributed by atoms with Crippen LogP contribution in [-0.2, 0) is 28.7 Å². The Kier molecular flexibility index (Phi) is 10.9. The average Bonchev–Trinajstić information content (AvgIpc) is 3.37. The van der Waals surface area contributed by atoms with Gasteiger partial charge in [0.25, 0.3) is 0 Å². The quantitative estimate of drug-likeness (QED) is 0.355. The first kappa shape index (κ1) is 33.0. The molecule has 0 bridgehead atoms. The molecule has 0 aromatic rings. The molecule has 4 N–H and O–H groups in total. The molecule has 3 fully saturated rings. The molecule has 0 spiro atoms. The molecule has 11 nitrogen and oxygen atoms in total. The van der Waals surface area contributed by atoms with Crippen molar-refractivity contribution in [2.24, 2.45) is 22.7 Å². The van der Waals surface area contributed by atoms with Crippen LogP contribution in [0.15, 0.2) is 0 Å². The summed E-state index contributed by atoms with van der Waals surface area (Å²) in [5.41, 5.74) is -0.524. The van der Waals surface area contributed by atoms with Crippen LogP contribution in [0.25, 0.3) is 0 Å². The van der Waals surface area contributed by atoms with E-state index in [-0.39, 0.29) is 52.8 Å². The van der Waals surface area contributed by atoms with Crippen molar-refractivity contribution in [1.82, 2.24) is 20.9 Å². The van der Waals surface area contributed by atoms with Gasteiger partial charge < -0.3 is 35.4 Å². The molecule has 0 aromatic heterocycles. The van der Waals surface area contributed by atoms with E-state index >= 15 is 0 Å². The standard InChI is InChI=1S/C14H26N2O4.C14H24N2O3/c1-8-6-9(13(19)20-5)16-10(8)7-15-11(12(17)18)14(2,3)4;1-8-6-9(13(18)19-5)16-10(8)7-15-11(12(16)17)14(2,3)4/h8-11,15-16H,6-7H2,1-5H3,(H,17,18);8-11,15H,6-7H2,1-5H3/t2*8-,9+,10-,11+/m11/s1. The van der Waals surface area contributed by atoms with Crippen molar-refractivity contribution >= 4 is 23.8 Å². The Morgan fingerprint density at radius 1 is 1.03 bits per heavy atom. The number of nitrogens with zero attached hydrogens (tertiary/aromatic N) is 1. The van der Waals surface area contributed by atoms with Gasteiger partial charge in [-0.3, -0.25) is 14.4 Å². The molecule has 3 heterocycles. The summed E-state index contributed by atoms with van der Waals surface area (Å²) in [5.74, 6) is -0.763. The summed E-state index contributed by atoms with van der Waals surface area (Å²) in [5, 5.41) is 18.9. The minimum Gasteiger partial charge on any atom is -0.480 e. The van der Waals surface area contributed by atoms with E-state index in [4.69, 9.17) is 9.47 Å². The van der Waals surface area contributed by atoms with Gasteiger partial charge in [0.15, 0.2) is 0 Å². The van der Waals surface area contributed by atoms with Crippen LogP contribution in [0.2, 0.25) is 0 Å². The van der Waals surface area contributed by atoms with Gasteiger partial charge in [-0.2, -0.15) is 0 Å². The molecule has 11 heteroatoms. The summed E-state index contributed by atoms with van der Waals surface area (Å²) < 4.78 is 9.58. The van der Waals surface area contributed by atoms with Crippen LogP contribution < -0.4 is 16.0 Å². The highest BCUT2D eigenvalue weighted by atomic mass is 16.5. The van der Waals surface area contributed by atoms with Gasteiger partial charge >= 0.3 is 17.9 Å². The zero-order chi connectivity index (χ0) is 29.9.